The number of rotatable bonds is 3. The second-order valence-electron chi connectivity index (χ2n) is 6.16. The molecule has 7 nitrogen and oxygen atoms in total. The number of H-pyrrole nitrogens is 1. The molecule has 0 saturated carbocycles. The number of hydrogen-bond acceptors (Lipinski definition) is 4. The van der Waals surface area contributed by atoms with Crippen LogP contribution in [-0.2, 0) is 4.79 Å². The van der Waals surface area contributed by atoms with Crippen molar-refractivity contribution in [3.63, 3.8) is 0 Å². The van der Waals surface area contributed by atoms with Gasteiger partial charge in [0, 0.05) is 26.3 Å². The number of fused-ring (bicyclic) bond motifs is 1. The van der Waals surface area contributed by atoms with E-state index in [4.69, 9.17) is 18.2 Å². The Bertz CT molecular complexity index is 797. The van der Waals surface area contributed by atoms with Crippen molar-refractivity contribution in [3.8, 4) is 0 Å². The molecular formula is C16H19ClN6O. The van der Waals surface area contributed by atoms with Gasteiger partial charge in [-0.05, 0) is 30.0 Å². The molecule has 2 atom stereocenters. The second-order valence-corrected chi connectivity index (χ2v) is 6.49. The summed E-state index contributed by atoms with van der Waals surface area (Å²) in [5.74, 6) is 1.04. The summed E-state index contributed by atoms with van der Waals surface area (Å²) in [6.45, 7) is 10.3. The topological polar surface area (TPSA) is 69.5 Å². The van der Waals surface area contributed by atoms with Gasteiger partial charge in [0.1, 0.15) is 11.5 Å². The number of amides is 1. The van der Waals surface area contributed by atoms with E-state index >= 15 is 0 Å². The van der Waals surface area contributed by atoms with Crippen LogP contribution >= 0.6 is 11.6 Å². The number of nitrogens with one attached hydrogen (secondary N) is 1. The highest BCUT2D eigenvalue weighted by molar-refractivity contribution is 6.28. The third-order valence-corrected chi connectivity index (χ3v) is 4.85. The summed E-state index contributed by atoms with van der Waals surface area (Å²) in [7, 11) is 1.97. The number of halogens is 1. The zero-order valence-electron chi connectivity index (χ0n) is 13.7. The van der Waals surface area contributed by atoms with Crippen LogP contribution < -0.4 is 4.90 Å². The van der Waals surface area contributed by atoms with Crippen molar-refractivity contribution in [2.45, 2.75) is 19.4 Å². The van der Waals surface area contributed by atoms with Crippen LogP contribution in [0.15, 0.2) is 12.3 Å². The van der Waals surface area contributed by atoms with Gasteiger partial charge in [-0.3, -0.25) is 4.79 Å². The van der Waals surface area contributed by atoms with Crippen molar-refractivity contribution in [2.24, 2.45) is 5.92 Å². The number of aromatic amines is 1. The van der Waals surface area contributed by atoms with Crippen LogP contribution in [0.3, 0.4) is 0 Å². The zero-order valence-corrected chi connectivity index (χ0v) is 14.4. The molecule has 1 fully saturated rings. The fourth-order valence-electron chi connectivity index (χ4n) is 3.27. The first kappa shape index (κ1) is 16.5. The maximum atomic E-state index is 12.1. The first-order valence-electron chi connectivity index (χ1n) is 7.85. The Morgan fingerprint density at radius 3 is 3.12 bits per heavy atom. The Labute approximate surface area is 145 Å². The van der Waals surface area contributed by atoms with E-state index < -0.39 is 0 Å². The van der Waals surface area contributed by atoms with E-state index in [0.29, 0.717) is 24.7 Å². The molecule has 1 aliphatic rings. The van der Waals surface area contributed by atoms with Gasteiger partial charge >= 0.3 is 5.91 Å². The molecule has 126 valence electrons. The van der Waals surface area contributed by atoms with Gasteiger partial charge in [-0.2, -0.15) is 9.97 Å². The largest absolute Gasteiger partial charge is 0.354 e. The van der Waals surface area contributed by atoms with Crippen molar-refractivity contribution < 1.29 is 4.79 Å². The minimum atomic E-state index is -0.109. The molecule has 1 amide bonds. The highest BCUT2D eigenvalue weighted by Crippen LogP contribution is 2.30. The van der Waals surface area contributed by atoms with Crippen molar-refractivity contribution in [1.82, 2.24) is 19.9 Å². The predicted octanol–water partition coefficient (Wildman–Crippen LogP) is 2.20. The molecule has 0 bridgehead atoms. The number of likely N-dealkylation sites (N-methyl/N-ethyl adjacent to an activating group) is 1. The lowest BCUT2D eigenvalue weighted by Gasteiger charge is -2.41. The molecule has 0 aliphatic carbocycles. The minimum absolute atomic E-state index is 0.0911. The van der Waals surface area contributed by atoms with Crippen LogP contribution in [-0.4, -0.2) is 58.5 Å². The number of nitrogens with zero attached hydrogens (tertiary/aromatic N) is 5. The summed E-state index contributed by atoms with van der Waals surface area (Å²) in [5, 5.41) is 1.09. The molecule has 1 N–H and O–H groups in total. The lowest BCUT2D eigenvalue weighted by atomic mass is 9.92. The van der Waals surface area contributed by atoms with E-state index in [1.165, 1.54) is 0 Å². The Hall–Kier alpha value is -2.33. The molecule has 1 aliphatic heterocycles. The minimum Gasteiger partial charge on any atom is -0.354 e. The quantitative estimate of drug-likeness (QED) is 0.683. The molecule has 2 aromatic heterocycles. The standard InChI is InChI=1S/C16H19ClN6O/c1-10-5-7-23(13(24)8-18-2)9-12(10)22(3)15-11-4-6-19-14(11)20-16(17)21-15/h4,6,10,12H,5,7-9H2,1,3H3,(H,19,20,21)/t10-,12+/m1/s1. The van der Waals surface area contributed by atoms with E-state index in [-0.39, 0.29) is 23.8 Å². The van der Waals surface area contributed by atoms with Crippen molar-refractivity contribution >= 4 is 34.4 Å². The number of likely N-dealkylation sites (tertiary alicyclic amines) is 1. The molecule has 3 heterocycles. The number of carbonyl (C=O) groups is 1. The fraction of sp³-hybridized carbons (Fsp3) is 0.500. The van der Waals surface area contributed by atoms with Crippen molar-refractivity contribution in [3.05, 3.63) is 29.0 Å². The lowest BCUT2D eigenvalue weighted by Crippen LogP contribution is -2.53. The predicted molar refractivity (Wildman–Crippen MR) is 92.9 cm³/mol. The van der Waals surface area contributed by atoms with Gasteiger partial charge in [0.2, 0.25) is 5.28 Å². The lowest BCUT2D eigenvalue weighted by molar-refractivity contribution is -0.130. The van der Waals surface area contributed by atoms with Gasteiger partial charge in [-0.15, -0.1) is 0 Å². The van der Waals surface area contributed by atoms with Gasteiger partial charge < -0.3 is 19.6 Å². The number of hydrogen-bond donors (Lipinski definition) is 1. The maximum Gasteiger partial charge on any atom is 0.302 e. The molecule has 0 aromatic carbocycles. The smallest absolute Gasteiger partial charge is 0.302 e. The summed E-state index contributed by atoms with van der Waals surface area (Å²) in [6.07, 6.45) is 2.71. The Morgan fingerprint density at radius 1 is 1.58 bits per heavy atom. The van der Waals surface area contributed by atoms with Crippen LogP contribution in [0.2, 0.25) is 5.28 Å². The van der Waals surface area contributed by atoms with Crippen LogP contribution in [0.1, 0.15) is 13.3 Å². The average Bonchev–Trinajstić information content (AvgIpc) is 3.02. The fourth-order valence-corrected chi connectivity index (χ4v) is 3.44. The highest BCUT2D eigenvalue weighted by atomic mass is 35.5. The van der Waals surface area contributed by atoms with Crippen molar-refractivity contribution in [1.29, 1.82) is 0 Å². The Balaban J connectivity index is 1.89. The summed E-state index contributed by atoms with van der Waals surface area (Å²) in [6, 6.07) is 2.03. The van der Waals surface area contributed by atoms with Gasteiger partial charge in [0.15, 0.2) is 0 Å². The first-order chi connectivity index (χ1) is 11.5. The maximum absolute atomic E-state index is 12.1. The molecule has 1 saturated heterocycles. The SMILES string of the molecule is [C-]#[N+]CC(=O)N1CC[C@@H](C)[C@@H](N(C)c2nc(Cl)nc3[nH]ccc23)C1. The molecular weight excluding hydrogens is 328 g/mol. The van der Waals surface area contributed by atoms with Crippen LogP contribution in [0.25, 0.3) is 15.9 Å². The van der Waals surface area contributed by atoms with E-state index in [1.54, 1.807) is 4.90 Å². The monoisotopic (exact) mass is 346 g/mol. The van der Waals surface area contributed by atoms with Gasteiger partial charge in [0.05, 0.1) is 11.4 Å². The number of piperidine rings is 1. The summed E-state index contributed by atoms with van der Waals surface area (Å²) in [5.41, 5.74) is 0.696. The number of aromatic nitrogens is 3. The van der Waals surface area contributed by atoms with Crippen molar-refractivity contribution in [2.75, 3.05) is 31.6 Å². The van der Waals surface area contributed by atoms with E-state index in [2.05, 4.69) is 31.6 Å². The van der Waals surface area contributed by atoms with E-state index in [0.717, 1.165) is 17.6 Å². The van der Waals surface area contributed by atoms with E-state index in [1.807, 2.05) is 19.3 Å². The third-order valence-electron chi connectivity index (χ3n) is 4.69. The summed E-state index contributed by atoms with van der Waals surface area (Å²) >= 11 is 6.05. The van der Waals surface area contributed by atoms with Crippen LogP contribution in [0.5, 0.6) is 0 Å². The molecule has 3 rings (SSSR count). The Kier molecular flexibility index (Phi) is 4.58. The Morgan fingerprint density at radius 2 is 2.38 bits per heavy atom. The van der Waals surface area contributed by atoms with Crippen LogP contribution in [0.4, 0.5) is 5.82 Å². The van der Waals surface area contributed by atoms with E-state index in [9.17, 15) is 4.79 Å². The summed E-state index contributed by atoms with van der Waals surface area (Å²) in [4.78, 5) is 30.8. The number of anilines is 1. The molecule has 0 radical (unpaired) electrons. The molecule has 0 spiro atoms. The molecule has 2 aromatic rings. The normalized spacial score (nSPS) is 20.8. The second kappa shape index (κ2) is 6.65. The molecule has 24 heavy (non-hydrogen) atoms. The van der Waals surface area contributed by atoms with Gasteiger partial charge in [-0.25, -0.2) is 6.57 Å². The van der Waals surface area contributed by atoms with Gasteiger partial charge in [-0.1, -0.05) is 6.92 Å². The van der Waals surface area contributed by atoms with Gasteiger partial charge in [0.25, 0.3) is 6.54 Å². The number of carbonyl (C=O) groups excluding carboxylic acids is 1. The first-order valence-corrected chi connectivity index (χ1v) is 8.23. The zero-order chi connectivity index (χ0) is 17.3. The highest BCUT2D eigenvalue weighted by Gasteiger charge is 2.33. The average molecular weight is 347 g/mol. The third kappa shape index (κ3) is 3.02. The summed E-state index contributed by atoms with van der Waals surface area (Å²) < 4.78 is 0. The molecule has 0 unspecified atom stereocenters. The van der Waals surface area contributed by atoms with Crippen LogP contribution in [0, 0.1) is 12.5 Å². The molecule has 8 heteroatoms.